The van der Waals surface area contributed by atoms with Crippen LogP contribution in [0.5, 0.6) is 5.75 Å². The minimum atomic E-state index is -1.34. The highest BCUT2D eigenvalue weighted by Crippen LogP contribution is 2.38. The molecule has 0 heterocycles. The summed E-state index contributed by atoms with van der Waals surface area (Å²) >= 11 is 3.39. The second-order valence-corrected chi connectivity index (χ2v) is 4.72. The van der Waals surface area contributed by atoms with Crippen LogP contribution < -0.4 is 4.74 Å². The van der Waals surface area contributed by atoms with Gasteiger partial charge < -0.3 is 14.6 Å². The lowest BCUT2D eigenvalue weighted by Gasteiger charge is -2.18. The van der Waals surface area contributed by atoms with Gasteiger partial charge >= 0.3 is 5.97 Å². The smallest absolute Gasteiger partial charge is 0.339 e. The average Bonchev–Trinajstić information content (AvgIpc) is 2.32. The summed E-state index contributed by atoms with van der Waals surface area (Å²) in [5.74, 6) is -0.206. The maximum atomic E-state index is 11.6. The summed E-state index contributed by atoms with van der Waals surface area (Å²) in [6, 6.07) is 1.88. The van der Waals surface area contributed by atoms with Gasteiger partial charge in [0.25, 0.3) is 0 Å². The molecule has 0 spiro atoms. The number of aliphatic hydroxyl groups excluding tert-OH is 1. The number of esters is 1. The Hall–Kier alpha value is -1.07. The topological polar surface area (TPSA) is 55.8 Å². The molecule has 0 aromatic heterocycles. The van der Waals surface area contributed by atoms with Crippen LogP contribution in [0.25, 0.3) is 0 Å². The van der Waals surface area contributed by atoms with Crippen molar-refractivity contribution in [3.63, 3.8) is 0 Å². The summed E-state index contributed by atoms with van der Waals surface area (Å²) in [6.07, 6.45) is -1.34. The van der Waals surface area contributed by atoms with E-state index in [1.807, 2.05) is 19.9 Å². The third-order valence-electron chi connectivity index (χ3n) is 2.64. The lowest BCUT2D eigenvalue weighted by atomic mass is 9.99. The molecule has 100 valence electrons. The Morgan fingerprint density at radius 1 is 1.44 bits per heavy atom. The van der Waals surface area contributed by atoms with Gasteiger partial charge in [0, 0.05) is 5.56 Å². The highest BCUT2D eigenvalue weighted by Gasteiger charge is 2.26. The molecule has 1 aromatic rings. The van der Waals surface area contributed by atoms with Crippen molar-refractivity contribution < 1.29 is 19.4 Å². The molecular weight excluding hydrogens is 300 g/mol. The van der Waals surface area contributed by atoms with E-state index in [2.05, 4.69) is 15.9 Å². The van der Waals surface area contributed by atoms with E-state index < -0.39 is 12.1 Å². The number of aryl methyl sites for hydroxylation is 2. The zero-order valence-corrected chi connectivity index (χ0v) is 12.5. The summed E-state index contributed by atoms with van der Waals surface area (Å²) < 4.78 is 10.8. The van der Waals surface area contributed by atoms with E-state index in [0.29, 0.717) is 11.3 Å². The fraction of sp³-hybridized carbons (Fsp3) is 0.462. The standard InChI is InChI=1S/C13H17BrO4/c1-5-18-13(16)11(15)9-7(2)6-8(3)10(14)12(9)17-4/h6,11,15H,5H2,1-4H3. The second kappa shape index (κ2) is 6.20. The molecule has 0 saturated carbocycles. The van der Waals surface area contributed by atoms with Crippen LogP contribution in [0, 0.1) is 13.8 Å². The summed E-state index contributed by atoms with van der Waals surface area (Å²) in [5.41, 5.74) is 2.20. The molecule has 1 unspecified atom stereocenters. The molecule has 1 aromatic carbocycles. The molecular formula is C13H17BrO4. The van der Waals surface area contributed by atoms with Crippen LogP contribution in [0.15, 0.2) is 10.5 Å². The molecule has 0 aliphatic carbocycles. The molecule has 0 saturated heterocycles. The molecule has 0 aliphatic heterocycles. The van der Waals surface area contributed by atoms with Crippen molar-refractivity contribution in [2.24, 2.45) is 0 Å². The van der Waals surface area contributed by atoms with Crippen molar-refractivity contribution >= 4 is 21.9 Å². The lowest BCUT2D eigenvalue weighted by molar-refractivity contribution is -0.153. The normalized spacial score (nSPS) is 12.1. The maximum Gasteiger partial charge on any atom is 0.339 e. The van der Waals surface area contributed by atoms with Crippen LogP contribution in [0.2, 0.25) is 0 Å². The number of aliphatic hydroxyl groups is 1. The Labute approximate surface area is 115 Å². The molecule has 4 nitrogen and oxygen atoms in total. The Kier molecular flexibility index (Phi) is 5.16. The van der Waals surface area contributed by atoms with E-state index in [9.17, 15) is 9.90 Å². The summed E-state index contributed by atoms with van der Waals surface area (Å²) in [6.45, 7) is 5.66. The molecule has 0 bridgehead atoms. The number of carbonyl (C=O) groups excluding carboxylic acids is 1. The van der Waals surface area contributed by atoms with Gasteiger partial charge in [0.1, 0.15) is 5.75 Å². The highest BCUT2D eigenvalue weighted by atomic mass is 79.9. The van der Waals surface area contributed by atoms with Crippen molar-refractivity contribution in [3.05, 3.63) is 27.2 Å². The van der Waals surface area contributed by atoms with Gasteiger partial charge in [0.05, 0.1) is 18.2 Å². The van der Waals surface area contributed by atoms with Crippen LogP contribution >= 0.6 is 15.9 Å². The molecule has 1 atom stereocenters. The number of ether oxygens (including phenoxy) is 2. The van der Waals surface area contributed by atoms with Gasteiger partial charge in [0.2, 0.25) is 0 Å². The zero-order chi connectivity index (χ0) is 13.9. The average molecular weight is 317 g/mol. The Balaban J connectivity index is 3.31. The number of hydrogen-bond donors (Lipinski definition) is 1. The van der Waals surface area contributed by atoms with Crippen LogP contribution in [-0.4, -0.2) is 24.8 Å². The minimum Gasteiger partial charge on any atom is -0.495 e. The summed E-state index contributed by atoms with van der Waals surface area (Å²) in [5, 5.41) is 10.1. The van der Waals surface area contributed by atoms with Crippen molar-refractivity contribution in [2.75, 3.05) is 13.7 Å². The molecule has 0 amide bonds. The van der Waals surface area contributed by atoms with Crippen LogP contribution in [0.4, 0.5) is 0 Å². The quantitative estimate of drug-likeness (QED) is 0.868. The van der Waals surface area contributed by atoms with Gasteiger partial charge in [-0.3, -0.25) is 0 Å². The first-order valence-electron chi connectivity index (χ1n) is 5.62. The van der Waals surface area contributed by atoms with Crippen LogP contribution in [0.3, 0.4) is 0 Å². The SMILES string of the molecule is CCOC(=O)C(O)c1c(C)cc(C)c(Br)c1OC. The van der Waals surface area contributed by atoms with E-state index in [4.69, 9.17) is 9.47 Å². The molecule has 1 N–H and O–H groups in total. The van der Waals surface area contributed by atoms with Gasteiger partial charge in [-0.1, -0.05) is 6.07 Å². The molecule has 1 rings (SSSR count). The molecule has 0 fully saturated rings. The van der Waals surface area contributed by atoms with Gasteiger partial charge in [-0.15, -0.1) is 0 Å². The Bertz CT molecular complexity index is 457. The number of halogens is 1. The summed E-state index contributed by atoms with van der Waals surface area (Å²) in [7, 11) is 1.50. The molecule has 0 aliphatic rings. The number of carbonyl (C=O) groups is 1. The van der Waals surface area contributed by atoms with Crippen LogP contribution in [-0.2, 0) is 9.53 Å². The predicted molar refractivity (Wildman–Crippen MR) is 71.8 cm³/mol. The fourth-order valence-corrected chi connectivity index (χ4v) is 2.31. The number of rotatable bonds is 4. The van der Waals surface area contributed by atoms with Gasteiger partial charge in [0.15, 0.2) is 6.10 Å². The number of hydrogen-bond acceptors (Lipinski definition) is 4. The largest absolute Gasteiger partial charge is 0.495 e. The highest BCUT2D eigenvalue weighted by molar-refractivity contribution is 9.10. The monoisotopic (exact) mass is 316 g/mol. The number of methoxy groups -OCH3 is 1. The zero-order valence-electron chi connectivity index (χ0n) is 10.9. The molecule has 0 radical (unpaired) electrons. The van der Waals surface area contributed by atoms with Crippen molar-refractivity contribution in [2.45, 2.75) is 26.9 Å². The van der Waals surface area contributed by atoms with E-state index in [1.165, 1.54) is 7.11 Å². The third kappa shape index (κ3) is 2.84. The van der Waals surface area contributed by atoms with Gasteiger partial charge in [-0.2, -0.15) is 0 Å². The second-order valence-electron chi connectivity index (χ2n) is 3.93. The molecule has 18 heavy (non-hydrogen) atoms. The van der Waals surface area contributed by atoms with E-state index >= 15 is 0 Å². The minimum absolute atomic E-state index is 0.226. The van der Waals surface area contributed by atoms with E-state index in [1.54, 1.807) is 6.92 Å². The Morgan fingerprint density at radius 2 is 2.06 bits per heavy atom. The fourth-order valence-electron chi connectivity index (χ4n) is 1.82. The lowest BCUT2D eigenvalue weighted by Crippen LogP contribution is -2.17. The third-order valence-corrected chi connectivity index (χ3v) is 3.62. The maximum absolute atomic E-state index is 11.6. The first kappa shape index (κ1) is 15.0. The molecule has 5 heteroatoms. The Morgan fingerprint density at radius 3 is 2.56 bits per heavy atom. The predicted octanol–water partition coefficient (Wildman–Crippen LogP) is 2.67. The van der Waals surface area contributed by atoms with E-state index in [0.717, 1.165) is 15.6 Å². The van der Waals surface area contributed by atoms with E-state index in [-0.39, 0.29) is 6.61 Å². The van der Waals surface area contributed by atoms with Crippen molar-refractivity contribution in [1.82, 2.24) is 0 Å². The first-order valence-corrected chi connectivity index (χ1v) is 6.41. The number of benzene rings is 1. The van der Waals surface area contributed by atoms with Gasteiger partial charge in [-0.05, 0) is 47.8 Å². The first-order chi connectivity index (χ1) is 8.43. The summed E-state index contributed by atoms with van der Waals surface area (Å²) in [4.78, 5) is 11.6. The van der Waals surface area contributed by atoms with Crippen LogP contribution in [0.1, 0.15) is 29.7 Å². The van der Waals surface area contributed by atoms with Crippen molar-refractivity contribution in [3.8, 4) is 5.75 Å². The van der Waals surface area contributed by atoms with Gasteiger partial charge in [-0.25, -0.2) is 4.79 Å². The van der Waals surface area contributed by atoms with Crippen molar-refractivity contribution in [1.29, 1.82) is 0 Å².